The zero-order valence-electron chi connectivity index (χ0n) is 13.0. The highest BCUT2D eigenvalue weighted by molar-refractivity contribution is 5.92. The van der Waals surface area contributed by atoms with Crippen LogP contribution in [0.3, 0.4) is 0 Å². The number of morpholine rings is 1. The van der Waals surface area contributed by atoms with E-state index in [2.05, 4.69) is 11.8 Å². The highest BCUT2D eigenvalue weighted by Gasteiger charge is 2.21. The molecule has 0 radical (unpaired) electrons. The minimum Gasteiger partial charge on any atom is -0.459 e. The Balaban J connectivity index is 1.94. The molecule has 1 aromatic rings. The summed E-state index contributed by atoms with van der Waals surface area (Å²) in [5.74, 6) is -0.337. The summed E-state index contributed by atoms with van der Waals surface area (Å²) in [6.07, 6.45) is -0.0502. The Morgan fingerprint density at radius 1 is 1.43 bits per heavy atom. The molecule has 2 rings (SSSR count). The summed E-state index contributed by atoms with van der Waals surface area (Å²) in [4.78, 5) is 14.5. The number of esters is 1. The van der Waals surface area contributed by atoms with E-state index in [9.17, 15) is 4.79 Å². The van der Waals surface area contributed by atoms with Crippen molar-refractivity contribution in [3.05, 3.63) is 28.8 Å². The van der Waals surface area contributed by atoms with Crippen molar-refractivity contribution in [2.75, 3.05) is 38.6 Å². The van der Waals surface area contributed by atoms with Gasteiger partial charge in [-0.3, -0.25) is 4.90 Å². The fourth-order valence-corrected chi connectivity index (χ4v) is 2.50. The Bertz CT molecular complexity index is 516. The van der Waals surface area contributed by atoms with Gasteiger partial charge in [-0.2, -0.15) is 0 Å². The molecule has 1 saturated heterocycles. The number of nitrogens with zero attached hydrogens (tertiary/aromatic N) is 1. The van der Waals surface area contributed by atoms with Crippen molar-refractivity contribution in [3.63, 3.8) is 0 Å². The molecule has 5 nitrogen and oxygen atoms in total. The standard InChI is InChI=1S/C16H24N2O3/c1-4-18-5-6-20-13(9-18)10-21-16(19)14-8-15(17)12(3)7-11(14)2/h7-8,13H,4-6,9-10,17H2,1-3H3. The van der Waals surface area contributed by atoms with E-state index in [1.165, 1.54) is 0 Å². The summed E-state index contributed by atoms with van der Waals surface area (Å²) in [5, 5.41) is 0. The van der Waals surface area contributed by atoms with Gasteiger partial charge < -0.3 is 15.2 Å². The number of hydrogen-bond acceptors (Lipinski definition) is 5. The number of nitrogen functional groups attached to an aromatic ring is 1. The van der Waals surface area contributed by atoms with Gasteiger partial charge in [-0.05, 0) is 37.6 Å². The third-order valence-corrected chi connectivity index (χ3v) is 3.90. The zero-order chi connectivity index (χ0) is 15.4. The Hall–Kier alpha value is -1.59. The molecule has 1 aromatic carbocycles. The van der Waals surface area contributed by atoms with E-state index < -0.39 is 0 Å². The highest BCUT2D eigenvalue weighted by atomic mass is 16.6. The fraction of sp³-hybridized carbons (Fsp3) is 0.562. The molecule has 0 aliphatic carbocycles. The molecule has 5 heteroatoms. The molecule has 1 aliphatic heterocycles. The quantitative estimate of drug-likeness (QED) is 0.677. The second kappa shape index (κ2) is 6.91. The van der Waals surface area contributed by atoms with E-state index in [0.717, 1.165) is 30.8 Å². The smallest absolute Gasteiger partial charge is 0.338 e. The number of benzene rings is 1. The molecule has 1 aliphatic rings. The minimum absolute atomic E-state index is 0.0502. The van der Waals surface area contributed by atoms with Crippen molar-refractivity contribution in [1.82, 2.24) is 4.90 Å². The second-order valence-corrected chi connectivity index (χ2v) is 5.51. The van der Waals surface area contributed by atoms with E-state index in [0.29, 0.717) is 17.9 Å². The summed E-state index contributed by atoms with van der Waals surface area (Å²) in [6.45, 7) is 9.63. The molecule has 1 fully saturated rings. The van der Waals surface area contributed by atoms with Crippen LogP contribution >= 0.6 is 0 Å². The third kappa shape index (κ3) is 3.95. The van der Waals surface area contributed by atoms with Gasteiger partial charge in [0.05, 0.1) is 12.2 Å². The molecule has 21 heavy (non-hydrogen) atoms. The monoisotopic (exact) mass is 292 g/mol. The topological polar surface area (TPSA) is 64.8 Å². The molecule has 0 bridgehead atoms. The van der Waals surface area contributed by atoms with Crippen LogP contribution in [0.2, 0.25) is 0 Å². The molecule has 0 amide bonds. The van der Waals surface area contributed by atoms with Crippen LogP contribution in [-0.4, -0.2) is 49.8 Å². The van der Waals surface area contributed by atoms with E-state index in [1.807, 2.05) is 19.9 Å². The summed E-state index contributed by atoms with van der Waals surface area (Å²) < 4.78 is 11.0. The van der Waals surface area contributed by atoms with Gasteiger partial charge in [0.15, 0.2) is 0 Å². The Morgan fingerprint density at radius 3 is 2.90 bits per heavy atom. The number of carbonyl (C=O) groups is 1. The first-order chi connectivity index (χ1) is 10.0. The first-order valence-electron chi connectivity index (χ1n) is 7.39. The van der Waals surface area contributed by atoms with Gasteiger partial charge in [0, 0.05) is 18.8 Å². The molecule has 0 aromatic heterocycles. The van der Waals surface area contributed by atoms with E-state index >= 15 is 0 Å². The van der Waals surface area contributed by atoms with Crippen molar-refractivity contribution in [2.45, 2.75) is 26.9 Å². The van der Waals surface area contributed by atoms with Gasteiger partial charge in [-0.25, -0.2) is 4.79 Å². The molecular weight excluding hydrogens is 268 g/mol. The summed E-state index contributed by atoms with van der Waals surface area (Å²) in [6, 6.07) is 3.59. The largest absolute Gasteiger partial charge is 0.459 e. The molecule has 116 valence electrons. The average molecular weight is 292 g/mol. The van der Waals surface area contributed by atoms with Crippen molar-refractivity contribution >= 4 is 11.7 Å². The first-order valence-corrected chi connectivity index (χ1v) is 7.39. The van der Waals surface area contributed by atoms with Crippen LogP contribution in [0.5, 0.6) is 0 Å². The first kappa shape index (κ1) is 15.8. The van der Waals surface area contributed by atoms with Crippen LogP contribution in [0.4, 0.5) is 5.69 Å². The molecule has 0 saturated carbocycles. The minimum atomic E-state index is -0.337. The van der Waals surface area contributed by atoms with Gasteiger partial charge in [0.2, 0.25) is 0 Å². The maximum atomic E-state index is 12.2. The Morgan fingerprint density at radius 2 is 2.19 bits per heavy atom. The molecule has 1 heterocycles. The van der Waals surface area contributed by atoms with Crippen LogP contribution in [0.25, 0.3) is 0 Å². The van der Waals surface area contributed by atoms with Gasteiger partial charge in [-0.1, -0.05) is 13.0 Å². The van der Waals surface area contributed by atoms with Crippen molar-refractivity contribution in [1.29, 1.82) is 0 Å². The van der Waals surface area contributed by atoms with E-state index in [4.69, 9.17) is 15.2 Å². The maximum absolute atomic E-state index is 12.2. The maximum Gasteiger partial charge on any atom is 0.338 e. The van der Waals surface area contributed by atoms with Gasteiger partial charge >= 0.3 is 5.97 Å². The third-order valence-electron chi connectivity index (χ3n) is 3.90. The summed E-state index contributed by atoms with van der Waals surface area (Å²) in [7, 11) is 0. The Kier molecular flexibility index (Phi) is 5.20. The molecule has 2 N–H and O–H groups in total. The predicted octanol–water partition coefficient (Wildman–Crippen LogP) is 1.76. The number of anilines is 1. The second-order valence-electron chi connectivity index (χ2n) is 5.51. The summed E-state index contributed by atoms with van der Waals surface area (Å²) >= 11 is 0. The number of likely N-dealkylation sites (N-methyl/N-ethyl adjacent to an activating group) is 1. The lowest BCUT2D eigenvalue weighted by atomic mass is 10.0. The van der Waals surface area contributed by atoms with E-state index in [-0.39, 0.29) is 18.7 Å². The summed E-state index contributed by atoms with van der Waals surface area (Å²) in [5.41, 5.74) is 8.85. The van der Waals surface area contributed by atoms with Crippen LogP contribution in [0.1, 0.15) is 28.4 Å². The lowest BCUT2D eigenvalue weighted by molar-refractivity contribution is -0.0578. The molecule has 1 unspecified atom stereocenters. The number of rotatable bonds is 4. The van der Waals surface area contributed by atoms with Crippen molar-refractivity contribution < 1.29 is 14.3 Å². The fourth-order valence-electron chi connectivity index (χ4n) is 2.50. The predicted molar refractivity (Wildman–Crippen MR) is 82.5 cm³/mol. The average Bonchev–Trinajstić information content (AvgIpc) is 2.48. The number of aryl methyl sites for hydroxylation is 2. The van der Waals surface area contributed by atoms with Crippen LogP contribution in [0, 0.1) is 13.8 Å². The van der Waals surface area contributed by atoms with Crippen molar-refractivity contribution in [3.8, 4) is 0 Å². The van der Waals surface area contributed by atoms with Gasteiger partial charge in [-0.15, -0.1) is 0 Å². The Labute approximate surface area is 126 Å². The highest BCUT2D eigenvalue weighted by Crippen LogP contribution is 2.19. The van der Waals surface area contributed by atoms with E-state index in [1.54, 1.807) is 6.07 Å². The zero-order valence-corrected chi connectivity index (χ0v) is 13.0. The SMILES string of the molecule is CCN1CCOC(COC(=O)c2cc(N)c(C)cc2C)C1. The van der Waals surface area contributed by atoms with Gasteiger partial charge in [0.1, 0.15) is 12.7 Å². The number of hydrogen-bond donors (Lipinski definition) is 1. The van der Waals surface area contributed by atoms with Crippen LogP contribution in [0.15, 0.2) is 12.1 Å². The number of carbonyl (C=O) groups excluding carboxylic acids is 1. The lowest BCUT2D eigenvalue weighted by Crippen LogP contribution is -2.44. The molecule has 0 spiro atoms. The van der Waals surface area contributed by atoms with Crippen LogP contribution in [-0.2, 0) is 9.47 Å². The molecular formula is C16H24N2O3. The molecule has 1 atom stereocenters. The van der Waals surface area contributed by atoms with Crippen molar-refractivity contribution in [2.24, 2.45) is 0 Å². The lowest BCUT2D eigenvalue weighted by Gasteiger charge is -2.31. The van der Waals surface area contributed by atoms with Gasteiger partial charge in [0.25, 0.3) is 0 Å². The number of nitrogens with two attached hydrogens (primary N) is 1. The van der Waals surface area contributed by atoms with Crippen LogP contribution < -0.4 is 5.73 Å². The number of ether oxygens (including phenoxy) is 2. The normalized spacial score (nSPS) is 19.5.